The summed E-state index contributed by atoms with van der Waals surface area (Å²) in [5.41, 5.74) is 0. The molecule has 0 heterocycles. The number of hydrogen-bond donors (Lipinski definition) is 4. The summed E-state index contributed by atoms with van der Waals surface area (Å²) in [7, 11) is -10.1. The minimum atomic E-state index is -5.05. The van der Waals surface area contributed by atoms with Gasteiger partial charge in [0.25, 0.3) is 0 Å². The Bertz CT molecular complexity index is 167. The van der Waals surface area contributed by atoms with Gasteiger partial charge in [-0.3, -0.25) is 0 Å². The van der Waals surface area contributed by atoms with Gasteiger partial charge in [-0.05, 0) is 0 Å². The molecule has 4 N–H and O–H groups in total. The van der Waals surface area contributed by atoms with Gasteiger partial charge in [-0.1, -0.05) is 0 Å². The zero-order valence-corrected chi connectivity index (χ0v) is 5.70. The molecule has 0 aromatic heterocycles. The van der Waals surface area contributed by atoms with Crippen molar-refractivity contribution >= 4 is 171 Å². The summed E-state index contributed by atoms with van der Waals surface area (Å²) in [5, 5.41) is 0. The summed E-state index contributed by atoms with van der Waals surface area (Å²) < 4.78 is 22.2. The van der Waals surface area contributed by atoms with E-state index in [-0.39, 0.29) is 155 Å². The molecule has 0 atom stereocenters. The van der Waals surface area contributed by atoms with Gasteiger partial charge in [0, 0.05) is 0 Å². The molecule has 0 aromatic rings. The van der Waals surface area contributed by atoms with Crippen molar-refractivity contribution in [2.75, 3.05) is 0 Å². The van der Waals surface area contributed by atoms with Gasteiger partial charge in [0.15, 0.2) is 0 Å². The third-order valence-corrected chi connectivity index (χ3v) is 1.91. The van der Waals surface area contributed by atoms with Crippen LogP contribution in [0.4, 0.5) is 0 Å². The van der Waals surface area contributed by atoms with Crippen LogP contribution in [0.25, 0.3) is 0 Å². The maximum atomic E-state index is 9.63. The second-order valence-corrected chi connectivity index (χ2v) is 3.68. The molecule has 0 aromatic carbocycles. The monoisotopic (exact) mass is 476 g/mol. The van der Waals surface area contributed by atoms with Gasteiger partial charge in [0.2, 0.25) is 0 Å². The average molecular weight is 475 g/mol. The fourth-order valence-corrected chi connectivity index (χ4v) is 1.25. The molecule has 0 spiro atoms. The molecule has 0 radical (unpaired) electrons. The standard InChI is InChI=1S/Ba.Ca.Mg.H4O7P2.Sr.8H/c;;;1-8(2,3)7-9(4,5)6;;;;;;;;;/h;;;(H2,1,2,3)(H2,4,5,6);;;;;;;;;. The number of phosphoric acid groups is 2. The number of rotatable bonds is 2. The summed E-state index contributed by atoms with van der Waals surface area (Å²) in [5.74, 6) is 0. The van der Waals surface area contributed by atoms with E-state index in [4.69, 9.17) is 19.6 Å². The van der Waals surface area contributed by atoms with Crippen LogP contribution in [-0.4, -0.2) is 175 Å². The Kier molecular flexibility index (Phi) is 32.8. The Hall–Kier alpha value is 5.34. The van der Waals surface area contributed by atoms with Crippen molar-refractivity contribution in [2.45, 2.75) is 0 Å². The molecule has 0 fully saturated rings. The van der Waals surface area contributed by atoms with Gasteiger partial charge in [0.1, 0.15) is 0 Å². The Morgan fingerprint density at radius 3 is 1.08 bits per heavy atom. The molecule has 0 unspecified atom stereocenters. The van der Waals surface area contributed by atoms with Crippen molar-refractivity contribution in [2.24, 2.45) is 0 Å². The van der Waals surface area contributed by atoms with E-state index in [0.717, 1.165) is 0 Å². The third-order valence-electron chi connectivity index (χ3n) is 0.213. The van der Waals surface area contributed by atoms with Gasteiger partial charge in [-0.2, -0.15) is 4.31 Å². The van der Waals surface area contributed by atoms with E-state index in [1.165, 1.54) is 0 Å². The van der Waals surface area contributed by atoms with Crippen LogP contribution >= 0.6 is 15.6 Å². The number of hydrogen-bond acceptors (Lipinski definition) is 3. The van der Waals surface area contributed by atoms with Gasteiger partial charge in [0.05, 0.1) is 0 Å². The molecular formula is H12BaCaMgO7P2Sr. The topological polar surface area (TPSA) is 124 Å². The molecule has 0 bridgehead atoms. The normalized spacial score (nSPS) is 9.54. The molecule has 72 valence electrons. The van der Waals surface area contributed by atoms with Crippen LogP contribution in [0, 0.1) is 0 Å². The third kappa shape index (κ3) is 31.7. The van der Waals surface area contributed by atoms with Gasteiger partial charge < -0.3 is 19.6 Å². The second kappa shape index (κ2) is 13.8. The van der Waals surface area contributed by atoms with E-state index < -0.39 is 15.6 Å². The van der Waals surface area contributed by atoms with Crippen LogP contribution in [0.5, 0.6) is 0 Å². The van der Waals surface area contributed by atoms with Crippen LogP contribution < -0.4 is 0 Å². The predicted octanol–water partition coefficient (Wildman–Crippen LogP) is -4.48. The molecule has 0 saturated carbocycles. The Morgan fingerprint density at radius 1 is 0.923 bits per heavy atom. The summed E-state index contributed by atoms with van der Waals surface area (Å²) >= 11 is 0. The van der Waals surface area contributed by atoms with Gasteiger partial charge in [-0.25, -0.2) is 9.13 Å². The van der Waals surface area contributed by atoms with Crippen LogP contribution in [0.15, 0.2) is 0 Å². The molecule has 7 nitrogen and oxygen atoms in total. The van der Waals surface area contributed by atoms with E-state index in [1.54, 1.807) is 0 Å². The van der Waals surface area contributed by atoms with Crippen LogP contribution in [0.3, 0.4) is 0 Å². The Balaban J connectivity index is -0.0000000533. The van der Waals surface area contributed by atoms with Crippen molar-refractivity contribution in [1.82, 2.24) is 0 Å². The Labute approximate surface area is 198 Å². The summed E-state index contributed by atoms with van der Waals surface area (Å²) in [4.78, 5) is 31.0. The summed E-state index contributed by atoms with van der Waals surface area (Å²) in [6.07, 6.45) is 0. The van der Waals surface area contributed by atoms with Crippen molar-refractivity contribution in [1.29, 1.82) is 0 Å². The van der Waals surface area contributed by atoms with Crippen molar-refractivity contribution < 1.29 is 33.0 Å². The van der Waals surface area contributed by atoms with E-state index >= 15 is 0 Å². The minimum absolute atomic E-state index is 0. The SMILES string of the molecule is O=P(O)(O)OP(=O)(O)O.[BaH2].[CaH2].[MgH2].[SrH2]. The molecule has 0 saturated heterocycles. The average Bonchev–Trinajstić information content (AvgIpc) is 1.14. The first kappa shape index (κ1) is 31.0. The molecule has 0 aliphatic heterocycles. The van der Waals surface area contributed by atoms with Crippen LogP contribution in [0.1, 0.15) is 0 Å². The van der Waals surface area contributed by atoms with Crippen LogP contribution in [0.2, 0.25) is 0 Å². The van der Waals surface area contributed by atoms with Crippen molar-refractivity contribution in [3.63, 3.8) is 0 Å². The van der Waals surface area contributed by atoms with Crippen molar-refractivity contribution in [3.8, 4) is 0 Å². The first-order valence-electron chi connectivity index (χ1n) is 1.53. The molecular weight excluding hydrogens is 463 g/mol. The Morgan fingerprint density at radius 2 is 1.08 bits per heavy atom. The summed E-state index contributed by atoms with van der Waals surface area (Å²) in [6, 6.07) is 0. The fraction of sp³-hybridized carbons (Fsp3) is 0. The van der Waals surface area contributed by atoms with E-state index in [9.17, 15) is 9.13 Å². The zero-order chi connectivity index (χ0) is 7.71. The molecule has 0 aliphatic rings. The van der Waals surface area contributed by atoms with Gasteiger partial charge >= 0.3 is 171 Å². The van der Waals surface area contributed by atoms with Crippen LogP contribution in [-0.2, 0) is 13.4 Å². The maximum absolute atomic E-state index is 9.63. The van der Waals surface area contributed by atoms with E-state index in [0.29, 0.717) is 0 Å². The van der Waals surface area contributed by atoms with Gasteiger partial charge in [-0.15, -0.1) is 0 Å². The molecule has 13 heteroatoms. The first-order valence-corrected chi connectivity index (χ1v) is 4.59. The van der Waals surface area contributed by atoms with E-state index in [1.807, 2.05) is 0 Å². The molecule has 0 amide bonds. The zero-order valence-electron chi connectivity index (χ0n) is 3.91. The first-order chi connectivity index (χ1) is 3.71. The van der Waals surface area contributed by atoms with Crippen molar-refractivity contribution in [3.05, 3.63) is 0 Å². The molecule has 0 aliphatic carbocycles. The molecule has 13 heavy (non-hydrogen) atoms. The summed E-state index contributed by atoms with van der Waals surface area (Å²) in [6.45, 7) is 0. The predicted molar refractivity (Wildman–Crippen MR) is 59.3 cm³/mol. The molecule has 0 rings (SSSR count). The fourth-order valence-electron chi connectivity index (χ4n) is 0.139. The second-order valence-electron chi connectivity index (χ2n) is 1.06. The quantitative estimate of drug-likeness (QED) is 0.235. The van der Waals surface area contributed by atoms with E-state index in [2.05, 4.69) is 4.31 Å².